The highest BCUT2D eigenvalue weighted by Gasteiger charge is 2.44. The van der Waals surface area contributed by atoms with Crippen molar-refractivity contribution in [3.05, 3.63) is 38.3 Å². The minimum absolute atomic E-state index is 0.182. The van der Waals surface area contributed by atoms with E-state index < -0.39 is 11.6 Å². The van der Waals surface area contributed by atoms with Crippen LogP contribution in [0.3, 0.4) is 0 Å². The maximum Gasteiger partial charge on any atom is 0.345 e. The minimum Gasteiger partial charge on any atom is -0.477 e. The molecule has 1 spiro atoms. The highest BCUT2D eigenvalue weighted by Crippen LogP contribution is 2.45. The van der Waals surface area contributed by atoms with Gasteiger partial charge >= 0.3 is 5.97 Å². The second-order valence-electron chi connectivity index (χ2n) is 6.65. The van der Waals surface area contributed by atoms with E-state index in [-0.39, 0.29) is 11.6 Å². The number of aryl methyl sites for hydroxylation is 1. The van der Waals surface area contributed by atoms with Crippen molar-refractivity contribution in [2.24, 2.45) is 7.05 Å². The van der Waals surface area contributed by atoms with Crippen LogP contribution < -0.4 is 0 Å². The van der Waals surface area contributed by atoms with Crippen molar-refractivity contribution in [1.29, 1.82) is 0 Å². The molecule has 1 N–H and O–H groups in total. The van der Waals surface area contributed by atoms with E-state index in [1.807, 2.05) is 0 Å². The lowest BCUT2D eigenvalue weighted by molar-refractivity contribution is -0.0906. The maximum atomic E-state index is 12.7. The molecule has 0 radical (unpaired) electrons. The average Bonchev–Trinajstić information content (AvgIpc) is 3.19. The molecule has 9 heteroatoms. The molecule has 138 valence electrons. The molecule has 0 atom stereocenters. The first kappa shape index (κ1) is 17.5. The maximum absolute atomic E-state index is 12.7. The summed E-state index contributed by atoms with van der Waals surface area (Å²) in [6.45, 7) is 1.61. The number of carbonyl (C=O) groups excluding carboxylic acids is 1. The minimum atomic E-state index is -0.906. The number of fused-ring (bicyclic) bond motifs is 2. The largest absolute Gasteiger partial charge is 0.477 e. The number of piperidine rings is 1. The fourth-order valence-electron chi connectivity index (χ4n) is 3.72. The molecule has 4 heterocycles. The van der Waals surface area contributed by atoms with Crippen LogP contribution in [0.4, 0.5) is 0 Å². The molecule has 0 aliphatic carbocycles. The molecular weight excluding hydrogens is 378 g/mol. The Bertz CT molecular complexity index is 883. The predicted molar refractivity (Wildman–Crippen MR) is 96.0 cm³/mol. The smallest absolute Gasteiger partial charge is 0.345 e. The van der Waals surface area contributed by atoms with Gasteiger partial charge in [0.25, 0.3) is 5.91 Å². The number of carboxylic acids is 1. The van der Waals surface area contributed by atoms with E-state index in [2.05, 4.69) is 5.10 Å². The van der Waals surface area contributed by atoms with Crippen molar-refractivity contribution >= 4 is 34.8 Å². The van der Waals surface area contributed by atoms with Crippen LogP contribution in [0.5, 0.6) is 0 Å². The first-order chi connectivity index (χ1) is 12.4. The van der Waals surface area contributed by atoms with Crippen molar-refractivity contribution in [2.75, 3.05) is 19.7 Å². The number of likely N-dealkylation sites (tertiary alicyclic amines) is 1. The zero-order valence-electron chi connectivity index (χ0n) is 14.2. The first-order valence-electron chi connectivity index (χ1n) is 8.38. The summed E-state index contributed by atoms with van der Waals surface area (Å²) in [5, 5.41) is 13.8. The van der Waals surface area contributed by atoms with E-state index in [4.69, 9.17) is 16.3 Å². The Morgan fingerprint density at radius 1 is 1.38 bits per heavy atom. The molecule has 7 nitrogen and oxygen atoms in total. The SMILES string of the molecule is Cn1cc(Cl)c(C(=O)N2CCC3(CC2)OCCc2cc(C(=O)O)sc23)n1. The molecule has 1 saturated heterocycles. The molecule has 0 bridgehead atoms. The highest BCUT2D eigenvalue weighted by molar-refractivity contribution is 7.14. The van der Waals surface area contributed by atoms with Crippen molar-refractivity contribution in [2.45, 2.75) is 24.9 Å². The molecule has 0 unspecified atom stereocenters. The van der Waals surface area contributed by atoms with Gasteiger partial charge in [-0.1, -0.05) is 11.6 Å². The van der Waals surface area contributed by atoms with Gasteiger partial charge in [0.2, 0.25) is 0 Å². The van der Waals surface area contributed by atoms with E-state index >= 15 is 0 Å². The van der Waals surface area contributed by atoms with Gasteiger partial charge < -0.3 is 14.7 Å². The highest BCUT2D eigenvalue weighted by atomic mass is 35.5. The first-order valence-corrected chi connectivity index (χ1v) is 9.58. The molecule has 0 saturated carbocycles. The van der Waals surface area contributed by atoms with Gasteiger partial charge in [0.05, 0.1) is 11.6 Å². The summed E-state index contributed by atoms with van der Waals surface area (Å²) in [5.74, 6) is -1.09. The summed E-state index contributed by atoms with van der Waals surface area (Å²) in [7, 11) is 1.72. The Kier molecular flexibility index (Phi) is 4.29. The summed E-state index contributed by atoms with van der Waals surface area (Å²) in [4.78, 5) is 27.1. The zero-order valence-corrected chi connectivity index (χ0v) is 15.8. The molecule has 1 fully saturated rings. The van der Waals surface area contributed by atoms with Gasteiger partial charge in [-0.25, -0.2) is 4.79 Å². The summed E-state index contributed by atoms with van der Waals surface area (Å²) in [6.07, 6.45) is 3.61. The second-order valence-corrected chi connectivity index (χ2v) is 8.11. The van der Waals surface area contributed by atoms with Crippen LogP contribution in [-0.2, 0) is 23.8 Å². The molecule has 2 aromatic heterocycles. The molecule has 2 aliphatic rings. The van der Waals surface area contributed by atoms with Crippen molar-refractivity contribution in [3.63, 3.8) is 0 Å². The topological polar surface area (TPSA) is 84.7 Å². The average molecular weight is 396 g/mol. The van der Waals surface area contributed by atoms with Gasteiger partial charge in [-0.2, -0.15) is 5.10 Å². The monoisotopic (exact) mass is 395 g/mol. The fourth-order valence-corrected chi connectivity index (χ4v) is 5.23. The number of hydrogen-bond acceptors (Lipinski definition) is 5. The second kappa shape index (κ2) is 6.37. The summed E-state index contributed by atoms with van der Waals surface area (Å²) < 4.78 is 7.65. The molecule has 0 aromatic carbocycles. The van der Waals surface area contributed by atoms with E-state index in [1.165, 1.54) is 16.0 Å². The van der Waals surface area contributed by atoms with E-state index in [0.29, 0.717) is 42.4 Å². The summed E-state index contributed by atoms with van der Waals surface area (Å²) in [5.41, 5.74) is 0.835. The third kappa shape index (κ3) is 2.82. The third-order valence-corrected chi connectivity index (χ3v) is 6.66. The number of thiophene rings is 1. The summed E-state index contributed by atoms with van der Waals surface area (Å²) >= 11 is 7.39. The number of halogens is 1. The van der Waals surface area contributed by atoms with Crippen LogP contribution in [0.1, 0.15) is 43.4 Å². The molecule has 1 amide bonds. The number of nitrogens with zero attached hydrogens (tertiary/aromatic N) is 3. The van der Waals surface area contributed by atoms with Gasteiger partial charge in [-0.15, -0.1) is 11.3 Å². The Morgan fingerprint density at radius 2 is 2.12 bits per heavy atom. The van der Waals surface area contributed by atoms with Gasteiger partial charge in [0.1, 0.15) is 10.5 Å². The molecule has 4 rings (SSSR count). The number of ether oxygens (including phenoxy) is 1. The number of aromatic carboxylic acids is 1. The Morgan fingerprint density at radius 3 is 2.73 bits per heavy atom. The van der Waals surface area contributed by atoms with Crippen LogP contribution in [0.2, 0.25) is 5.02 Å². The normalized spacial score (nSPS) is 18.8. The van der Waals surface area contributed by atoms with Crippen molar-refractivity contribution in [1.82, 2.24) is 14.7 Å². The van der Waals surface area contributed by atoms with E-state index in [0.717, 1.165) is 16.9 Å². The lowest BCUT2D eigenvalue weighted by Gasteiger charge is -2.43. The Balaban J connectivity index is 1.55. The van der Waals surface area contributed by atoms with Gasteiger partial charge in [0.15, 0.2) is 5.69 Å². The molecule has 26 heavy (non-hydrogen) atoms. The quantitative estimate of drug-likeness (QED) is 0.844. The summed E-state index contributed by atoms with van der Waals surface area (Å²) in [6, 6.07) is 1.76. The third-order valence-electron chi connectivity index (χ3n) is 5.03. The lowest BCUT2D eigenvalue weighted by Crippen LogP contribution is -2.48. The van der Waals surface area contributed by atoms with Crippen LogP contribution in [-0.4, -0.2) is 51.4 Å². The van der Waals surface area contributed by atoms with E-state index in [1.54, 1.807) is 24.2 Å². The van der Waals surface area contributed by atoms with Crippen molar-refractivity contribution in [3.8, 4) is 0 Å². The van der Waals surface area contributed by atoms with Crippen LogP contribution in [0, 0.1) is 0 Å². The van der Waals surface area contributed by atoms with Crippen LogP contribution >= 0.6 is 22.9 Å². The molecular formula is C17H18ClN3O4S. The molecule has 2 aliphatic heterocycles. The molecule has 2 aromatic rings. The standard InChI is InChI=1S/C17H18ClN3O4S/c1-20-9-11(18)13(19-20)15(22)21-5-3-17(4-6-21)14-10(2-7-25-17)8-12(26-14)16(23)24/h8-9H,2-7H2,1H3,(H,23,24). The number of aromatic nitrogens is 2. The Hall–Kier alpha value is -1.90. The Labute approximate surface area is 159 Å². The predicted octanol–water partition coefficient (Wildman–Crippen LogP) is 2.54. The van der Waals surface area contributed by atoms with Gasteiger partial charge in [0, 0.05) is 31.2 Å². The van der Waals surface area contributed by atoms with E-state index in [9.17, 15) is 14.7 Å². The number of hydrogen-bond donors (Lipinski definition) is 1. The lowest BCUT2D eigenvalue weighted by atomic mass is 9.85. The number of rotatable bonds is 2. The van der Waals surface area contributed by atoms with Crippen LogP contribution in [0.25, 0.3) is 0 Å². The number of carboxylic acid groups (broad SMARTS) is 1. The number of carbonyl (C=O) groups is 2. The van der Waals surface area contributed by atoms with Crippen LogP contribution in [0.15, 0.2) is 12.3 Å². The fraction of sp³-hybridized carbons (Fsp3) is 0.471. The number of amides is 1. The van der Waals surface area contributed by atoms with Crippen molar-refractivity contribution < 1.29 is 19.4 Å². The van der Waals surface area contributed by atoms with Gasteiger partial charge in [-0.05, 0) is 30.9 Å². The van der Waals surface area contributed by atoms with Gasteiger partial charge in [-0.3, -0.25) is 9.48 Å². The zero-order chi connectivity index (χ0) is 18.5.